The number of rotatable bonds is 5. The normalized spacial score (nSPS) is 24.9. The van der Waals surface area contributed by atoms with E-state index in [-0.39, 0.29) is 0 Å². The summed E-state index contributed by atoms with van der Waals surface area (Å²) in [4.78, 5) is 2.57. The van der Waals surface area contributed by atoms with Crippen molar-refractivity contribution in [2.75, 3.05) is 20.6 Å². The van der Waals surface area contributed by atoms with Crippen molar-refractivity contribution in [2.24, 2.45) is 5.92 Å². The van der Waals surface area contributed by atoms with E-state index < -0.39 is 0 Å². The summed E-state index contributed by atoms with van der Waals surface area (Å²) < 4.78 is 0. The Balaban J connectivity index is 1.96. The first-order valence-electron chi connectivity index (χ1n) is 8.04. The van der Waals surface area contributed by atoms with Crippen LogP contribution in [-0.2, 0) is 0 Å². The Bertz CT molecular complexity index is 398. The lowest BCUT2D eigenvalue weighted by atomic mass is 9.86. The van der Waals surface area contributed by atoms with E-state index in [4.69, 9.17) is 0 Å². The number of aryl methyl sites for hydroxylation is 1. The average Bonchev–Trinajstić information content (AvgIpc) is 2.45. The molecule has 1 N–H and O–H groups in total. The summed E-state index contributed by atoms with van der Waals surface area (Å²) >= 11 is 0. The van der Waals surface area contributed by atoms with Gasteiger partial charge in [-0.1, -0.05) is 49.6 Å². The van der Waals surface area contributed by atoms with E-state index in [1.54, 1.807) is 0 Å². The summed E-state index contributed by atoms with van der Waals surface area (Å²) in [6.07, 6.45) is 5.54. The Morgan fingerprint density at radius 2 is 1.95 bits per heavy atom. The molecule has 0 aliphatic heterocycles. The van der Waals surface area contributed by atoms with Crippen LogP contribution in [-0.4, -0.2) is 31.6 Å². The number of nitrogens with zero attached hydrogens (tertiary/aromatic N) is 1. The molecule has 1 aliphatic rings. The highest BCUT2D eigenvalue weighted by Gasteiger charge is 2.24. The first kappa shape index (κ1) is 15.5. The maximum atomic E-state index is 3.48. The third-order valence-electron chi connectivity index (χ3n) is 4.83. The van der Waals surface area contributed by atoms with E-state index in [9.17, 15) is 0 Å². The van der Waals surface area contributed by atoms with Crippen molar-refractivity contribution in [3.05, 3.63) is 35.4 Å². The molecule has 0 spiro atoms. The van der Waals surface area contributed by atoms with E-state index in [0.29, 0.717) is 6.04 Å². The van der Waals surface area contributed by atoms with Gasteiger partial charge in [-0.05, 0) is 45.3 Å². The maximum absolute atomic E-state index is 3.48. The molecule has 3 unspecified atom stereocenters. The van der Waals surface area contributed by atoms with Gasteiger partial charge in [-0.3, -0.25) is 0 Å². The van der Waals surface area contributed by atoms with Crippen LogP contribution in [0.25, 0.3) is 0 Å². The minimum Gasteiger partial charge on any atom is -0.312 e. The predicted molar refractivity (Wildman–Crippen MR) is 87.0 cm³/mol. The van der Waals surface area contributed by atoms with Crippen LogP contribution in [0, 0.1) is 12.8 Å². The molecule has 3 atom stereocenters. The fraction of sp³-hybridized carbons (Fsp3) is 0.667. The topological polar surface area (TPSA) is 15.3 Å². The molecule has 1 aromatic rings. The van der Waals surface area contributed by atoms with E-state index in [0.717, 1.165) is 18.5 Å². The van der Waals surface area contributed by atoms with Gasteiger partial charge < -0.3 is 10.2 Å². The third kappa shape index (κ3) is 4.07. The average molecular weight is 274 g/mol. The van der Waals surface area contributed by atoms with Crippen molar-refractivity contribution in [3.63, 3.8) is 0 Å². The second-order valence-electron chi connectivity index (χ2n) is 6.62. The molecule has 112 valence electrons. The quantitative estimate of drug-likeness (QED) is 0.879. The van der Waals surface area contributed by atoms with Crippen LogP contribution in [0.15, 0.2) is 24.3 Å². The van der Waals surface area contributed by atoms with Crippen molar-refractivity contribution in [2.45, 2.75) is 51.6 Å². The zero-order chi connectivity index (χ0) is 14.5. The van der Waals surface area contributed by atoms with E-state index in [1.165, 1.54) is 36.8 Å². The van der Waals surface area contributed by atoms with Crippen LogP contribution in [0.1, 0.15) is 49.8 Å². The zero-order valence-corrected chi connectivity index (χ0v) is 13.5. The summed E-state index contributed by atoms with van der Waals surface area (Å²) in [6, 6.07) is 10.1. The van der Waals surface area contributed by atoms with Gasteiger partial charge in [-0.25, -0.2) is 0 Å². The van der Waals surface area contributed by atoms with E-state index in [1.807, 2.05) is 0 Å². The number of benzene rings is 1. The summed E-state index contributed by atoms with van der Waals surface area (Å²) in [7, 11) is 4.36. The van der Waals surface area contributed by atoms with Gasteiger partial charge in [-0.2, -0.15) is 0 Å². The molecule has 0 saturated heterocycles. The number of likely N-dealkylation sites (N-methyl/N-ethyl adjacent to an activating group) is 2. The first-order valence-corrected chi connectivity index (χ1v) is 8.04. The van der Waals surface area contributed by atoms with E-state index >= 15 is 0 Å². The SMILES string of the molecule is CNC(CN(C)C1CCCC(C)C1)c1ccc(C)cc1. The first-order chi connectivity index (χ1) is 9.60. The summed E-state index contributed by atoms with van der Waals surface area (Å²) in [5.41, 5.74) is 2.73. The third-order valence-corrected chi connectivity index (χ3v) is 4.83. The fourth-order valence-electron chi connectivity index (χ4n) is 3.40. The smallest absolute Gasteiger partial charge is 0.0446 e. The van der Waals surface area contributed by atoms with Crippen LogP contribution in [0.5, 0.6) is 0 Å². The van der Waals surface area contributed by atoms with Crippen molar-refractivity contribution >= 4 is 0 Å². The monoisotopic (exact) mass is 274 g/mol. The molecule has 1 aliphatic carbocycles. The van der Waals surface area contributed by atoms with Gasteiger partial charge in [-0.15, -0.1) is 0 Å². The van der Waals surface area contributed by atoms with Crippen molar-refractivity contribution in [1.82, 2.24) is 10.2 Å². The Hall–Kier alpha value is -0.860. The highest BCUT2D eigenvalue weighted by Crippen LogP contribution is 2.27. The standard InChI is InChI=1S/C18H30N2/c1-14-8-10-16(11-9-14)18(19-3)13-20(4)17-7-5-6-15(2)12-17/h8-11,15,17-19H,5-7,12-13H2,1-4H3. The number of nitrogens with one attached hydrogen (secondary N) is 1. The minimum atomic E-state index is 0.429. The van der Waals surface area contributed by atoms with Gasteiger partial charge in [0.15, 0.2) is 0 Å². The molecular formula is C18H30N2. The minimum absolute atomic E-state index is 0.429. The lowest BCUT2D eigenvalue weighted by Crippen LogP contribution is -2.40. The van der Waals surface area contributed by atoms with Gasteiger partial charge >= 0.3 is 0 Å². The molecule has 0 aromatic heterocycles. The second kappa shape index (κ2) is 7.24. The Morgan fingerprint density at radius 3 is 2.55 bits per heavy atom. The molecule has 1 saturated carbocycles. The molecule has 1 aromatic carbocycles. The fourth-order valence-corrected chi connectivity index (χ4v) is 3.40. The van der Waals surface area contributed by atoms with Gasteiger partial charge in [0, 0.05) is 18.6 Å². The molecule has 0 amide bonds. The van der Waals surface area contributed by atoms with Crippen LogP contribution in [0.2, 0.25) is 0 Å². The highest BCUT2D eigenvalue weighted by atomic mass is 15.2. The Labute approximate surface area is 124 Å². The number of hydrogen-bond donors (Lipinski definition) is 1. The summed E-state index contributed by atoms with van der Waals surface area (Å²) in [5, 5.41) is 3.48. The van der Waals surface area contributed by atoms with Crippen LogP contribution in [0.4, 0.5) is 0 Å². The van der Waals surface area contributed by atoms with Gasteiger partial charge in [0.2, 0.25) is 0 Å². The summed E-state index contributed by atoms with van der Waals surface area (Å²) in [6.45, 7) is 5.64. The largest absolute Gasteiger partial charge is 0.312 e. The van der Waals surface area contributed by atoms with Crippen molar-refractivity contribution < 1.29 is 0 Å². The van der Waals surface area contributed by atoms with Crippen LogP contribution >= 0.6 is 0 Å². The molecule has 20 heavy (non-hydrogen) atoms. The van der Waals surface area contributed by atoms with Crippen LogP contribution in [0.3, 0.4) is 0 Å². The molecule has 2 heteroatoms. The molecule has 0 radical (unpaired) electrons. The lowest BCUT2D eigenvalue weighted by molar-refractivity contribution is 0.152. The predicted octanol–water partition coefficient (Wildman–Crippen LogP) is 3.77. The van der Waals surface area contributed by atoms with E-state index in [2.05, 4.69) is 62.4 Å². The van der Waals surface area contributed by atoms with Crippen LogP contribution < -0.4 is 5.32 Å². The second-order valence-corrected chi connectivity index (χ2v) is 6.62. The lowest BCUT2D eigenvalue weighted by Gasteiger charge is -2.36. The highest BCUT2D eigenvalue weighted by molar-refractivity contribution is 5.24. The molecule has 1 fully saturated rings. The molecule has 2 rings (SSSR count). The van der Waals surface area contributed by atoms with Gasteiger partial charge in [0.05, 0.1) is 0 Å². The Kier molecular flexibility index (Phi) is 5.62. The molecule has 0 heterocycles. The summed E-state index contributed by atoms with van der Waals surface area (Å²) in [5.74, 6) is 0.892. The maximum Gasteiger partial charge on any atom is 0.0446 e. The number of hydrogen-bond acceptors (Lipinski definition) is 2. The molecule has 2 nitrogen and oxygen atoms in total. The van der Waals surface area contributed by atoms with Gasteiger partial charge in [0.1, 0.15) is 0 Å². The molecular weight excluding hydrogens is 244 g/mol. The van der Waals surface area contributed by atoms with Crippen molar-refractivity contribution in [3.8, 4) is 0 Å². The Morgan fingerprint density at radius 1 is 1.25 bits per heavy atom. The zero-order valence-electron chi connectivity index (χ0n) is 13.5. The van der Waals surface area contributed by atoms with Crippen molar-refractivity contribution in [1.29, 1.82) is 0 Å². The van der Waals surface area contributed by atoms with Gasteiger partial charge in [0.25, 0.3) is 0 Å². The molecule has 0 bridgehead atoms.